The van der Waals surface area contributed by atoms with E-state index in [2.05, 4.69) is 4.90 Å². The van der Waals surface area contributed by atoms with E-state index in [4.69, 9.17) is 16.3 Å². The number of anilines is 2. The van der Waals surface area contributed by atoms with Crippen molar-refractivity contribution < 1.29 is 19.4 Å². The molecule has 7 nitrogen and oxygen atoms in total. The van der Waals surface area contributed by atoms with Crippen LogP contribution in [0.15, 0.2) is 42.5 Å². The van der Waals surface area contributed by atoms with Crippen LogP contribution in [-0.2, 0) is 9.59 Å². The van der Waals surface area contributed by atoms with Crippen molar-refractivity contribution in [1.82, 2.24) is 4.90 Å². The van der Waals surface area contributed by atoms with Gasteiger partial charge in [-0.25, -0.2) is 4.90 Å². The smallest absolute Gasteiger partial charge is 0.251 e. The summed E-state index contributed by atoms with van der Waals surface area (Å²) in [6.45, 7) is 2.61. The van der Waals surface area contributed by atoms with Crippen molar-refractivity contribution in [2.45, 2.75) is 12.5 Å². The lowest BCUT2D eigenvalue weighted by Crippen LogP contribution is -2.52. The van der Waals surface area contributed by atoms with Gasteiger partial charge in [0.05, 0.1) is 36.0 Å². The van der Waals surface area contributed by atoms with Gasteiger partial charge >= 0.3 is 0 Å². The average Bonchev–Trinajstić information content (AvgIpc) is 3.02. The highest BCUT2D eigenvalue weighted by Crippen LogP contribution is 2.33. The molecular weight excluding hydrogens is 394 g/mol. The third-order valence-corrected chi connectivity index (χ3v) is 5.79. The van der Waals surface area contributed by atoms with Crippen LogP contribution in [0.5, 0.6) is 11.5 Å². The summed E-state index contributed by atoms with van der Waals surface area (Å²) in [5.41, 5.74) is 1.25. The van der Waals surface area contributed by atoms with Gasteiger partial charge in [-0.05, 0) is 30.3 Å². The minimum absolute atomic E-state index is 0.152. The predicted octanol–water partition coefficient (Wildman–Crippen LogP) is 2.51. The minimum atomic E-state index is -0.477. The Morgan fingerprint density at radius 2 is 1.79 bits per heavy atom. The fourth-order valence-electron chi connectivity index (χ4n) is 3.97. The molecule has 0 aliphatic carbocycles. The van der Waals surface area contributed by atoms with Gasteiger partial charge in [-0.15, -0.1) is 0 Å². The number of phenols is 1. The summed E-state index contributed by atoms with van der Waals surface area (Å²) in [7, 11) is 1.51. The van der Waals surface area contributed by atoms with Crippen LogP contribution < -0.4 is 14.5 Å². The SMILES string of the molecule is COc1ccc(N2C(=O)C[C@H](N3CCN(c4ccccc4O)CC3)C2=O)cc1Cl. The summed E-state index contributed by atoms with van der Waals surface area (Å²) < 4.78 is 5.14. The normalized spacial score (nSPS) is 20.4. The highest BCUT2D eigenvalue weighted by molar-refractivity contribution is 6.33. The zero-order valence-electron chi connectivity index (χ0n) is 16.0. The fraction of sp³-hybridized carbons (Fsp3) is 0.333. The van der Waals surface area contributed by atoms with E-state index in [9.17, 15) is 14.7 Å². The number of carbonyl (C=O) groups is 2. The van der Waals surface area contributed by atoms with Crippen molar-refractivity contribution in [3.63, 3.8) is 0 Å². The van der Waals surface area contributed by atoms with Crippen molar-refractivity contribution >= 4 is 34.8 Å². The molecule has 2 aromatic rings. The van der Waals surface area contributed by atoms with E-state index < -0.39 is 6.04 Å². The molecule has 1 atom stereocenters. The highest BCUT2D eigenvalue weighted by atomic mass is 35.5. The number of methoxy groups -OCH3 is 1. The second-order valence-corrected chi connectivity index (χ2v) is 7.53. The molecular formula is C21H22ClN3O4. The molecule has 0 bridgehead atoms. The number of carbonyl (C=O) groups excluding carboxylic acids is 2. The second kappa shape index (κ2) is 7.93. The number of nitrogens with zero attached hydrogens (tertiary/aromatic N) is 3. The lowest BCUT2D eigenvalue weighted by Gasteiger charge is -2.38. The molecule has 152 valence electrons. The first-order valence-corrected chi connectivity index (χ1v) is 9.84. The number of hydrogen-bond acceptors (Lipinski definition) is 6. The Labute approximate surface area is 174 Å². The largest absolute Gasteiger partial charge is 0.506 e. The topological polar surface area (TPSA) is 73.3 Å². The van der Waals surface area contributed by atoms with Crippen LogP contribution in [0.4, 0.5) is 11.4 Å². The molecule has 0 spiro atoms. The van der Waals surface area contributed by atoms with E-state index in [1.54, 1.807) is 30.3 Å². The third-order valence-electron chi connectivity index (χ3n) is 5.49. The van der Waals surface area contributed by atoms with Gasteiger partial charge in [0.1, 0.15) is 11.5 Å². The Morgan fingerprint density at radius 3 is 2.45 bits per heavy atom. The van der Waals surface area contributed by atoms with E-state index in [0.717, 1.165) is 5.69 Å². The lowest BCUT2D eigenvalue weighted by molar-refractivity contribution is -0.123. The van der Waals surface area contributed by atoms with E-state index in [0.29, 0.717) is 42.6 Å². The molecule has 2 aromatic carbocycles. The second-order valence-electron chi connectivity index (χ2n) is 7.12. The summed E-state index contributed by atoms with van der Waals surface area (Å²) in [5.74, 6) is 0.276. The number of amides is 2. The van der Waals surface area contributed by atoms with Gasteiger partial charge in [-0.1, -0.05) is 23.7 Å². The van der Waals surface area contributed by atoms with Crippen LogP contribution in [0.3, 0.4) is 0 Å². The van der Waals surface area contributed by atoms with E-state index in [1.807, 2.05) is 17.0 Å². The molecule has 29 heavy (non-hydrogen) atoms. The Balaban J connectivity index is 1.46. The van der Waals surface area contributed by atoms with E-state index in [1.165, 1.54) is 12.0 Å². The zero-order chi connectivity index (χ0) is 20.5. The molecule has 0 saturated carbocycles. The Morgan fingerprint density at radius 1 is 1.07 bits per heavy atom. The molecule has 2 fully saturated rings. The zero-order valence-corrected chi connectivity index (χ0v) is 16.8. The first-order valence-electron chi connectivity index (χ1n) is 9.47. The van der Waals surface area contributed by atoms with Crippen LogP contribution in [0.1, 0.15) is 6.42 Å². The van der Waals surface area contributed by atoms with Gasteiger partial charge in [0.25, 0.3) is 5.91 Å². The molecule has 0 unspecified atom stereocenters. The monoisotopic (exact) mass is 415 g/mol. The Bertz CT molecular complexity index is 943. The molecule has 2 heterocycles. The molecule has 0 radical (unpaired) electrons. The highest BCUT2D eigenvalue weighted by Gasteiger charge is 2.43. The molecule has 2 saturated heterocycles. The number of hydrogen-bond donors (Lipinski definition) is 1. The van der Waals surface area contributed by atoms with Gasteiger partial charge in [-0.3, -0.25) is 14.5 Å². The maximum atomic E-state index is 13.0. The maximum absolute atomic E-state index is 13.0. The summed E-state index contributed by atoms with van der Waals surface area (Å²) in [6, 6.07) is 11.6. The van der Waals surface area contributed by atoms with Crippen molar-refractivity contribution in [3.8, 4) is 11.5 Å². The number of imide groups is 1. The van der Waals surface area contributed by atoms with Crippen molar-refractivity contribution in [3.05, 3.63) is 47.5 Å². The molecule has 2 amide bonds. The number of ether oxygens (including phenoxy) is 1. The Kier molecular flexibility index (Phi) is 5.34. The Hall–Kier alpha value is -2.77. The predicted molar refractivity (Wildman–Crippen MR) is 111 cm³/mol. The molecule has 2 aliphatic rings. The van der Waals surface area contributed by atoms with Crippen LogP contribution in [0, 0.1) is 0 Å². The van der Waals surface area contributed by atoms with Crippen LogP contribution in [0.2, 0.25) is 5.02 Å². The quantitative estimate of drug-likeness (QED) is 0.773. The maximum Gasteiger partial charge on any atom is 0.251 e. The number of benzene rings is 2. The number of aromatic hydroxyl groups is 1. The summed E-state index contributed by atoms with van der Waals surface area (Å²) in [6.07, 6.45) is 0.152. The number of phenolic OH excluding ortho intramolecular Hbond substituents is 1. The van der Waals surface area contributed by atoms with Crippen molar-refractivity contribution in [1.29, 1.82) is 0 Å². The fourth-order valence-corrected chi connectivity index (χ4v) is 4.22. The first-order chi connectivity index (χ1) is 14.0. The van der Waals surface area contributed by atoms with Gasteiger partial charge < -0.3 is 14.7 Å². The van der Waals surface area contributed by atoms with Crippen LogP contribution in [0.25, 0.3) is 0 Å². The van der Waals surface area contributed by atoms with Gasteiger partial charge in [0.15, 0.2) is 0 Å². The van der Waals surface area contributed by atoms with E-state index in [-0.39, 0.29) is 24.0 Å². The number of para-hydroxylation sites is 2. The van der Waals surface area contributed by atoms with Gasteiger partial charge in [-0.2, -0.15) is 0 Å². The first kappa shape index (κ1) is 19.5. The van der Waals surface area contributed by atoms with Gasteiger partial charge in [0.2, 0.25) is 5.91 Å². The summed E-state index contributed by atoms with van der Waals surface area (Å²) in [5, 5.41) is 10.4. The van der Waals surface area contributed by atoms with Crippen molar-refractivity contribution in [2.75, 3.05) is 43.1 Å². The lowest BCUT2D eigenvalue weighted by atomic mass is 10.1. The average molecular weight is 416 g/mol. The standard InChI is InChI=1S/C21H22ClN3O4/c1-29-19-7-6-14(12-15(19)22)25-20(27)13-17(21(25)28)24-10-8-23(9-11-24)16-4-2-3-5-18(16)26/h2-7,12,17,26H,8-11,13H2,1H3/t17-/m0/s1. The molecule has 8 heteroatoms. The minimum Gasteiger partial charge on any atom is -0.506 e. The molecule has 1 N–H and O–H groups in total. The van der Waals surface area contributed by atoms with Crippen molar-refractivity contribution in [2.24, 2.45) is 0 Å². The number of rotatable bonds is 4. The van der Waals surface area contributed by atoms with E-state index >= 15 is 0 Å². The molecule has 4 rings (SSSR count). The summed E-state index contributed by atoms with van der Waals surface area (Å²) >= 11 is 6.16. The van der Waals surface area contributed by atoms with Gasteiger partial charge in [0, 0.05) is 26.2 Å². The third kappa shape index (κ3) is 3.63. The number of piperazine rings is 1. The van der Waals surface area contributed by atoms with Crippen LogP contribution >= 0.6 is 11.6 Å². The molecule has 2 aliphatic heterocycles. The van der Waals surface area contributed by atoms with Crippen LogP contribution in [-0.4, -0.2) is 61.2 Å². The molecule has 0 aromatic heterocycles. The summed E-state index contributed by atoms with van der Waals surface area (Å²) in [4.78, 5) is 31.0. The number of halogens is 1.